The average Bonchev–Trinajstić information content (AvgIpc) is 3.15. The van der Waals surface area contributed by atoms with Crippen LogP contribution in [0.4, 0.5) is 0 Å². The predicted octanol–water partition coefficient (Wildman–Crippen LogP) is 3.30. The maximum Gasteiger partial charge on any atom is 0.340 e. The summed E-state index contributed by atoms with van der Waals surface area (Å²) in [7, 11) is 0. The number of aromatic amines is 1. The van der Waals surface area contributed by atoms with E-state index in [9.17, 15) is 24.6 Å². The van der Waals surface area contributed by atoms with Crippen molar-refractivity contribution in [2.24, 2.45) is 0 Å². The lowest BCUT2D eigenvalue weighted by atomic mass is 10.0. The van der Waals surface area contributed by atoms with Crippen molar-refractivity contribution < 1.29 is 24.2 Å². The van der Waals surface area contributed by atoms with E-state index in [2.05, 4.69) is 10.3 Å². The molecule has 0 radical (unpaired) electrons. The number of aromatic nitrogens is 1. The molecule has 0 aliphatic rings. The molecule has 0 aliphatic heterocycles. The Bertz CT molecular complexity index is 1420. The third-order valence-corrected chi connectivity index (χ3v) is 5.73. The summed E-state index contributed by atoms with van der Waals surface area (Å²) in [5, 5.41) is 23.3. The standard InChI is InChI=1S/C23H19ClN2O6/c1-11-14-7-16(24)19(27)9-20(14)32-23(31)15(11)8-21(28)26-18(22(29)30)6-12-10-25-17-5-3-2-4-13(12)17/h2-5,7,9-10,18,25,27H,6,8H2,1H3,(H,26,28)(H,29,30)/t18-/m0/s1. The Balaban J connectivity index is 1.57. The second-order valence-corrected chi connectivity index (χ2v) is 7.90. The number of aryl methyl sites for hydroxylation is 1. The monoisotopic (exact) mass is 454 g/mol. The number of aromatic hydroxyl groups is 1. The minimum atomic E-state index is -1.19. The van der Waals surface area contributed by atoms with Crippen LogP contribution in [0.3, 0.4) is 0 Å². The second-order valence-electron chi connectivity index (χ2n) is 7.49. The maximum atomic E-state index is 12.7. The van der Waals surface area contributed by atoms with E-state index in [0.29, 0.717) is 10.9 Å². The van der Waals surface area contributed by atoms with Crippen molar-refractivity contribution >= 4 is 45.3 Å². The molecule has 32 heavy (non-hydrogen) atoms. The molecule has 0 aliphatic carbocycles. The molecule has 0 saturated carbocycles. The number of nitrogens with one attached hydrogen (secondary N) is 2. The van der Waals surface area contributed by atoms with Gasteiger partial charge in [0.25, 0.3) is 0 Å². The Morgan fingerprint density at radius 3 is 2.72 bits per heavy atom. The van der Waals surface area contributed by atoms with E-state index < -0.39 is 23.5 Å². The van der Waals surface area contributed by atoms with E-state index in [0.717, 1.165) is 16.5 Å². The number of hydrogen-bond acceptors (Lipinski definition) is 5. The first-order chi connectivity index (χ1) is 15.2. The van der Waals surface area contributed by atoms with Gasteiger partial charge in [0.05, 0.1) is 17.0 Å². The Morgan fingerprint density at radius 2 is 1.97 bits per heavy atom. The van der Waals surface area contributed by atoms with Crippen molar-refractivity contribution in [3.05, 3.63) is 74.7 Å². The molecule has 2 aromatic heterocycles. The van der Waals surface area contributed by atoms with Gasteiger partial charge in [-0.1, -0.05) is 29.8 Å². The number of carboxylic acids is 1. The second kappa shape index (κ2) is 8.39. The van der Waals surface area contributed by atoms with Crippen LogP contribution in [0.2, 0.25) is 5.02 Å². The largest absolute Gasteiger partial charge is 0.506 e. The van der Waals surface area contributed by atoms with E-state index in [1.165, 1.54) is 12.1 Å². The first kappa shape index (κ1) is 21.5. The summed E-state index contributed by atoms with van der Waals surface area (Å²) in [6.45, 7) is 1.63. The van der Waals surface area contributed by atoms with Gasteiger partial charge in [-0.2, -0.15) is 0 Å². The number of carbonyl (C=O) groups excluding carboxylic acids is 1. The zero-order chi connectivity index (χ0) is 23.0. The number of halogens is 1. The molecular weight excluding hydrogens is 436 g/mol. The molecule has 4 aromatic rings. The van der Waals surface area contributed by atoms with Gasteiger partial charge in [-0.15, -0.1) is 0 Å². The zero-order valence-electron chi connectivity index (χ0n) is 16.9. The average molecular weight is 455 g/mol. The molecule has 8 nitrogen and oxygen atoms in total. The zero-order valence-corrected chi connectivity index (χ0v) is 17.7. The molecule has 0 unspecified atom stereocenters. The summed E-state index contributed by atoms with van der Waals surface area (Å²) in [5.41, 5.74) is 1.58. The van der Waals surface area contributed by atoms with E-state index in [1.807, 2.05) is 24.3 Å². The van der Waals surface area contributed by atoms with E-state index in [1.54, 1.807) is 13.1 Å². The molecule has 9 heteroatoms. The summed E-state index contributed by atoms with van der Waals surface area (Å²) >= 11 is 5.95. The fourth-order valence-electron chi connectivity index (χ4n) is 3.73. The molecule has 0 spiro atoms. The summed E-state index contributed by atoms with van der Waals surface area (Å²) < 4.78 is 5.22. The molecule has 4 rings (SSSR count). The van der Waals surface area contributed by atoms with E-state index >= 15 is 0 Å². The van der Waals surface area contributed by atoms with Gasteiger partial charge in [-0.05, 0) is 30.2 Å². The number of carbonyl (C=O) groups is 2. The number of fused-ring (bicyclic) bond motifs is 2. The van der Waals surface area contributed by atoms with Crippen LogP contribution in [0.25, 0.3) is 21.9 Å². The van der Waals surface area contributed by atoms with Gasteiger partial charge in [-0.3, -0.25) is 4.79 Å². The Labute approximate surface area is 186 Å². The lowest BCUT2D eigenvalue weighted by molar-refractivity contribution is -0.141. The van der Waals surface area contributed by atoms with Gasteiger partial charge >= 0.3 is 11.6 Å². The highest BCUT2D eigenvalue weighted by molar-refractivity contribution is 6.32. The van der Waals surface area contributed by atoms with Gasteiger partial charge in [0.2, 0.25) is 5.91 Å². The first-order valence-corrected chi connectivity index (χ1v) is 10.1. The van der Waals surface area contributed by atoms with E-state index in [-0.39, 0.29) is 34.8 Å². The fourth-order valence-corrected chi connectivity index (χ4v) is 3.89. The predicted molar refractivity (Wildman–Crippen MR) is 119 cm³/mol. The molecule has 0 fully saturated rings. The van der Waals surface area contributed by atoms with Crippen molar-refractivity contribution in [1.82, 2.24) is 10.3 Å². The number of aliphatic carboxylic acids is 1. The van der Waals surface area contributed by atoms with Crippen molar-refractivity contribution in [3.8, 4) is 5.75 Å². The topological polar surface area (TPSA) is 133 Å². The van der Waals surface area contributed by atoms with Crippen LogP contribution in [-0.2, 0) is 22.4 Å². The number of phenols is 1. The van der Waals surface area contributed by atoms with Crippen molar-refractivity contribution in [2.45, 2.75) is 25.8 Å². The van der Waals surface area contributed by atoms with Gasteiger partial charge in [-0.25, -0.2) is 9.59 Å². The number of phenolic OH excluding ortho intramolecular Hbond substituents is 1. The quantitative estimate of drug-likeness (QED) is 0.330. The number of carboxylic acid groups (broad SMARTS) is 1. The van der Waals surface area contributed by atoms with Gasteiger partial charge in [0.15, 0.2) is 0 Å². The van der Waals surface area contributed by atoms with Crippen LogP contribution < -0.4 is 10.9 Å². The minimum absolute atomic E-state index is 0.0747. The van der Waals surface area contributed by atoms with Crippen LogP contribution in [0, 0.1) is 6.92 Å². The van der Waals surface area contributed by atoms with Crippen LogP contribution in [0.15, 0.2) is 51.8 Å². The van der Waals surface area contributed by atoms with Crippen LogP contribution in [0.1, 0.15) is 16.7 Å². The number of benzene rings is 2. The summed E-state index contributed by atoms with van der Waals surface area (Å²) in [6.07, 6.45) is 1.43. The third kappa shape index (κ3) is 4.04. The van der Waals surface area contributed by atoms with Crippen LogP contribution in [-0.4, -0.2) is 33.1 Å². The van der Waals surface area contributed by atoms with E-state index in [4.69, 9.17) is 16.0 Å². The first-order valence-electron chi connectivity index (χ1n) is 9.76. The summed E-state index contributed by atoms with van der Waals surface area (Å²) in [4.78, 5) is 39.9. The number of H-pyrrole nitrogens is 1. The Hall–Kier alpha value is -3.78. The maximum absolute atomic E-state index is 12.7. The summed E-state index contributed by atoms with van der Waals surface area (Å²) in [6, 6.07) is 8.96. The lowest BCUT2D eigenvalue weighted by Crippen LogP contribution is -2.43. The van der Waals surface area contributed by atoms with Crippen molar-refractivity contribution in [3.63, 3.8) is 0 Å². The fraction of sp³-hybridized carbons (Fsp3) is 0.174. The van der Waals surface area contributed by atoms with Crippen molar-refractivity contribution in [1.29, 1.82) is 0 Å². The molecule has 4 N–H and O–H groups in total. The number of amides is 1. The Kier molecular flexibility index (Phi) is 5.63. The smallest absolute Gasteiger partial charge is 0.340 e. The van der Waals surface area contributed by atoms with Gasteiger partial charge in [0.1, 0.15) is 17.4 Å². The van der Waals surface area contributed by atoms with Gasteiger partial charge < -0.3 is 24.9 Å². The van der Waals surface area contributed by atoms with Crippen molar-refractivity contribution in [2.75, 3.05) is 0 Å². The normalized spacial score (nSPS) is 12.2. The highest BCUT2D eigenvalue weighted by Crippen LogP contribution is 2.30. The molecule has 1 amide bonds. The minimum Gasteiger partial charge on any atom is -0.506 e. The third-order valence-electron chi connectivity index (χ3n) is 5.42. The highest BCUT2D eigenvalue weighted by atomic mass is 35.5. The highest BCUT2D eigenvalue weighted by Gasteiger charge is 2.24. The molecule has 2 aromatic carbocycles. The number of para-hydroxylation sites is 1. The molecular formula is C23H19ClN2O6. The Morgan fingerprint density at radius 1 is 1.22 bits per heavy atom. The lowest BCUT2D eigenvalue weighted by Gasteiger charge is -2.15. The molecule has 0 bridgehead atoms. The SMILES string of the molecule is Cc1c(CC(=O)N[C@@H](Cc2c[nH]c3ccccc23)C(=O)O)c(=O)oc2cc(O)c(Cl)cc12. The number of hydrogen-bond donors (Lipinski definition) is 4. The molecule has 164 valence electrons. The summed E-state index contributed by atoms with van der Waals surface area (Å²) in [5.74, 6) is -2.04. The van der Waals surface area contributed by atoms with Gasteiger partial charge in [0, 0.05) is 35.0 Å². The van der Waals surface area contributed by atoms with Crippen LogP contribution >= 0.6 is 11.6 Å². The molecule has 2 heterocycles. The molecule has 0 saturated heterocycles. The van der Waals surface area contributed by atoms with Crippen LogP contribution in [0.5, 0.6) is 5.75 Å². The molecule has 1 atom stereocenters. The number of rotatable bonds is 6.